The predicted octanol–water partition coefficient (Wildman–Crippen LogP) is 2.86. The molecular formula is C16H18FN3. The Morgan fingerprint density at radius 1 is 0.900 bits per heavy atom. The van der Waals surface area contributed by atoms with Crippen LogP contribution in [-0.4, -0.2) is 31.2 Å². The normalized spacial score (nSPS) is 15.5. The number of hydrogen-bond donors (Lipinski definition) is 0. The number of piperazine rings is 1. The molecule has 0 N–H and O–H groups in total. The first-order chi connectivity index (χ1) is 9.74. The molecule has 0 spiro atoms. The van der Waals surface area contributed by atoms with Gasteiger partial charge in [0, 0.05) is 31.9 Å². The number of aryl methyl sites for hydroxylation is 1. The molecule has 1 aliphatic heterocycles. The molecule has 2 aromatic rings. The van der Waals surface area contributed by atoms with Gasteiger partial charge in [-0.1, -0.05) is 18.2 Å². The summed E-state index contributed by atoms with van der Waals surface area (Å²) in [5.74, 6) is 0.868. The highest BCUT2D eigenvalue weighted by atomic mass is 19.1. The van der Waals surface area contributed by atoms with Gasteiger partial charge in [0.1, 0.15) is 11.6 Å². The lowest BCUT2D eigenvalue weighted by Gasteiger charge is -2.36. The molecule has 104 valence electrons. The highest BCUT2D eigenvalue weighted by Gasteiger charge is 2.19. The van der Waals surface area contributed by atoms with E-state index in [1.807, 2.05) is 37.3 Å². The van der Waals surface area contributed by atoms with Gasteiger partial charge in [-0.2, -0.15) is 0 Å². The second kappa shape index (κ2) is 5.49. The fraction of sp³-hybridized carbons (Fsp3) is 0.312. The SMILES string of the molecule is Cc1cccc(N2CCN(c3ccccc3F)CC2)n1. The Morgan fingerprint density at radius 2 is 1.60 bits per heavy atom. The molecule has 1 saturated heterocycles. The molecule has 0 amide bonds. The van der Waals surface area contributed by atoms with Crippen LogP contribution in [0.1, 0.15) is 5.69 Å². The van der Waals surface area contributed by atoms with Crippen LogP contribution in [0.15, 0.2) is 42.5 Å². The molecule has 1 aromatic carbocycles. The van der Waals surface area contributed by atoms with Crippen LogP contribution in [0.4, 0.5) is 15.9 Å². The highest BCUT2D eigenvalue weighted by molar-refractivity contribution is 5.50. The minimum atomic E-state index is -0.144. The predicted molar refractivity (Wildman–Crippen MR) is 79.8 cm³/mol. The lowest BCUT2D eigenvalue weighted by atomic mass is 10.2. The van der Waals surface area contributed by atoms with Crippen LogP contribution in [0.2, 0.25) is 0 Å². The highest BCUT2D eigenvalue weighted by Crippen LogP contribution is 2.21. The van der Waals surface area contributed by atoms with Crippen LogP contribution >= 0.6 is 0 Å². The molecule has 1 aromatic heterocycles. The first kappa shape index (κ1) is 12.9. The van der Waals surface area contributed by atoms with Crippen LogP contribution in [0, 0.1) is 12.7 Å². The zero-order chi connectivity index (χ0) is 13.9. The monoisotopic (exact) mass is 271 g/mol. The summed E-state index contributed by atoms with van der Waals surface area (Å²) in [4.78, 5) is 8.90. The third-order valence-electron chi connectivity index (χ3n) is 3.67. The van der Waals surface area contributed by atoms with E-state index in [0.717, 1.165) is 37.7 Å². The van der Waals surface area contributed by atoms with Crippen molar-refractivity contribution in [3.8, 4) is 0 Å². The topological polar surface area (TPSA) is 19.4 Å². The molecule has 0 radical (unpaired) electrons. The summed E-state index contributed by atoms with van der Waals surface area (Å²) in [7, 11) is 0. The van der Waals surface area contributed by atoms with Gasteiger partial charge in [-0.15, -0.1) is 0 Å². The maximum Gasteiger partial charge on any atom is 0.146 e. The van der Waals surface area contributed by atoms with Crippen molar-refractivity contribution in [2.24, 2.45) is 0 Å². The summed E-state index contributed by atoms with van der Waals surface area (Å²) in [5.41, 5.74) is 1.73. The van der Waals surface area contributed by atoms with E-state index in [0.29, 0.717) is 5.69 Å². The van der Waals surface area contributed by atoms with Gasteiger partial charge in [0.15, 0.2) is 0 Å². The number of benzene rings is 1. The van der Waals surface area contributed by atoms with Crippen molar-refractivity contribution in [1.29, 1.82) is 0 Å². The number of nitrogens with zero attached hydrogens (tertiary/aromatic N) is 3. The number of halogens is 1. The Morgan fingerprint density at radius 3 is 2.30 bits per heavy atom. The molecule has 1 aliphatic rings. The molecule has 0 unspecified atom stereocenters. The van der Waals surface area contributed by atoms with E-state index in [-0.39, 0.29) is 5.82 Å². The Bertz CT molecular complexity index is 592. The van der Waals surface area contributed by atoms with Gasteiger partial charge in [-0.25, -0.2) is 9.37 Å². The molecule has 3 nitrogen and oxygen atoms in total. The van der Waals surface area contributed by atoms with E-state index in [4.69, 9.17) is 0 Å². The maximum absolute atomic E-state index is 13.8. The summed E-state index contributed by atoms with van der Waals surface area (Å²) >= 11 is 0. The van der Waals surface area contributed by atoms with Gasteiger partial charge in [0.2, 0.25) is 0 Å². The summed E-state index contributed by atoms with van der Waals surface area (Å²) < 4.78 is 13.8. The second-order valence-electron chi connectivity index (χ2n) is 5.06. The van der Waals surface area contributed by atoms with Crippen molar-refractivity contribution < 1.29 is 4.39 Å². The lowest BCUT2D eigenvalue weighted by molar-refractivity contribution is 0.596. The van der Waals surface area contributed by atoms with Crippen LogP contribution in [0.5, 0.6) is 0 Å². The Balaban J connectivity index is 1.70. The van der Waals surface area contributed by atoms with E-state index in [1.165, 1.54) is 6.07 Å². The van der Waals surface area contributed by atoms with E-state index in [1.54, 1.807) is 6.07 Å². The first-order valence-corrected chi connectivity index (χ1v) is 6.92. The minimum Gasteiger partial charge on any atom is -0.366 e. The smallest absolute Gasteiger partial charge is 0.146 e. The summed E-state index contributed by atoms with van der Waals surface area (Å²) in [6, 6.07) is 13.0. The minimum absolute atomic E-state index is 0.144. The van der Waals surface area contributed by atoms with Crippen molar-refractivity contribution in [2.75, 3.05) is 36.0 Å². The Labute approximate surface area is 118 Å². The van der Waals surface area contributed by atoms with Crippen molar-refractivity contribution in [2.45, 2.75) is 6.92 Å². The molecular weight excluding hydrogens is 253 g/mol. The van der Waals surface area contributed by atoms with Crippen molar-refractivity contribution in [3.05, 3.63) is 54.0 Å². The molecule has 1 fully saturated rings. The van der Waals surface area contributed by atoms with Gasteiger partial charge >= 0.3 is 0 Å². The second-order valence-corrected chi connectivity index (χ2v) is 5.06. The van der Waals surface area contributed by atoms with Gasteiger partial charge in [0.05, 0.1) is 5.69 Å². The van der Waals surface area contributed by atoms with Crippen LogP contribution in [0.3, 0.4) is 0 Å². The quantitative estimate of drug-likeness (QED) is 0.837. The number of pyridine rings is 1. The van der Waals surface area contributed by atoms with E-state index in [2.05, 4.69) is 14.8 Å². The van der Waals surface area contributed by atoms with Crippen LogP contribution in [0.25, 0.3) is 0 Å². The Kier molecular flexibility index (Phi) is 3.54. The number of anilines is 2. The van der Waals surface area contributed by atoms with Gasteiger partial charge in [-0.05, 0) is 31.2 Å². The van der Waals surface area contributed by atoms with E-state index < -0.39 is 0 Å². The average Bonchev–Trinajstić information content (AvgIpc) is 2.48. The lowest BCUT2D eigenvalue weighted by Crippen LogP contribution is -2.47. The average molecular weight is 271 g/mol. The molecule has 0 aliphatic carbocycles. The zero-order valence-corrected chi connectivity index (χ0v) is 11.6. The fourth-order valence-electron chi connectivity index (χ4n) is 2.59. The largest absolute Gasteiger partial charge is 0.366 e. The molecule has 20 heavy (non-hydrogen) atoms. The van der Waals surface area contributed by atoms with E-state index >= 15 is 0 Å². The third kappa shape index (κ3) is 2.59. The van der Waals surface area contributed by atoms with Gasteiger partial charge in [-0.3, -0.25) is 0 Å². The van der Waals surface area contributed by atoms with Gasteiger partial charge < -0.3 is 9.80 Å². The van der Waals surface area contributed by atoms with Crippen molar-refractivity contribution in [3.63, 3.8) is 0 Å². The maximum atomic E-state index is 13.8. The number of aromatic nitrogens is 1. The molecule has 4 heteroatoms. The summed E-state index contributed by atoms with van der Waals surface area (Å²) in [5, 5.41) is 0. The van der Waals surface area contributed by atoms with Crippen LogP contribution in [-0.2, 0) is 0 Å². The number of hydrogen-bond acceptors (Lipinski definition) is 3. The van der Waals surface area contributed by atoms with Gasteiger partial charge in [0.25, 0.3) is 0 Å². The zero-order valence-electron chi connectivity index (χ0n) is 11.6. The summed E-state index contributed by atoms with van der Waals surface area (Å²) in [6.45, 7) is 5.36. The van der Waals surface area contributed by atoms with Crippen LogP contribution < -0.4 is 9.80 Å². The number of para-hydroxylation sites is 1. The molecule has 3 rings (SSSR count). The Hall–Kier alpha value is -2.10. The summed E-state index contributed by atoms with van der Waals surface area (Å²) in [6.07, 6.45) is 0. The third-order valence-corrected chi connectivity index (χ3v) is 3.67. The van der Waals surface area contributed by atoms with E-state index in [9.17, 15) is 4.39 Å². The molecule has 0 atom stereocenters. The molecule has 2 heterocycles. The standard InChI is InChI=1S/C16H18FN3/c1-13-5-4-8-16(18-13)20-11-9-19(10-12-20)15-7-3-2-6-14(15)17/h2-8H,9-12H2,1H3. The molecule has 0 saturated carbocycles. The first-order valence-electron chi connectivity index (χ1n) is 6.92. The van der Waals surface area contributed by atoms with Crippen molar-refractivity contribution in [1.82, 2.24) is 4.98 Å². The fourth-order valence-corrected chi connectivity index (χ4v) is 2.59. The van der Waals surface area contributed by atoms with Crippen molar-refractivity contribution >= 4 is 11.5 Å². The molecule has 0 bridgehead atoms. The number of rotatable bonds is 2.